The molecule has 0 spiro atoms. The lowest BCUT2D eigenvalue weighted by Crippen LogP contribution is -2.19. The van der Waals surface area contributed by atoms with E-state index < -0.39 is 0 Å². The van der Waals surface area contributed by atoms with Crippen LogP contribution < -0.4 is 16.4 Å². The third-order valence-electron chi connectivity index (χ3n) is 2.68. The molecule has 0 aliphatic carbocycles. The van der Waals surface area contributed by atoms with Gasteiger partial charge in [-0.25, -0.2) is 4.79 Å². The predicted octanol–water partition coefficient (Wildman–Crippen LogP) is 2.76. The summed E-state index contributed by atoms with van der Waals surface area (Å²) < 4.78 is 0. The van der Waals surface area contributed by atoms with Crippen LogP contribution in [0.25, 0.3) is 0 Å². The largest absolute Gasteiger partial charge is 0.325 e. The summed E-state index contributed by atoms with van der Waals surface area (Å²) in [4.78, 5) is 11.8. The van der Waals surface area contributed by atoms with Gasteiger partial charge < -0.3 is 11.1 Å². The van der Waals surface area contributed by atoms with Crippen LogP contribution in [0.3, 0.4) is 0 Å². The molecule has 106 valence electrons. The molecule has 7 heteroatoms. The quantitative estimate of drug-likeness (QED) is 0.807. The number of amides is 2. The number of nitrogens with zero attached hydrogens (tertiary/aromatic N) is 2. The number of nitrogens with one attached hydrogen (secondary N) is 2. The summed E-state index contributed by atoms with van der Waals surface area (Å²) in [6.07, 6.45) is 0.805. The van der Waals surface area contributed by atoms with Crippen LogP contribution in [0.2, 0.25) is 0 Å². The van der Waals surface area contributed by atoms with Crippen LogP contribution in [0, 0.1) is 0 Å². The monoisotopic (exact) mass is 291 g/mol. The second kappa shape index (κ2) is 6.44. The van der Waals surface area contributed by atoms with Gasteiger partial charge in [-0.15, -0.1) is 10.2 Å². The fraction of sp³-hybridized carbons (Fsp3) is 0.308. The summed E-state index contributed by atoms with van der Waals surface area (Å²) in [5, 5.41) is 14.6. The molecular weight excluding hydrogens is 274 g/mol. The van der Waals surface area contributed by atoms with Gasteiger partial charge >= 0.3 is 6.03 Å². The molecule has 6 nitrogen and oxygen atoms in total. The Morgan fingerprint density at radius 3 is 2.55 bits per heavy atom. The van der Waals surface area contributed by atoms with Crippen LogP contribution in [0.5, 0.6) is 0 Å². The summed E-state index contributed by atoms with van der Waals surface area (Å²) in [6.45, 7) is 3.90. The molecule has 20 heavy (non-hydrogen) atoms. The van der Waals surface area contributed by atoms with E-state index in [9.17, 15) is 4.79 Å². The molecule has 0 aliphatic heterocycles. The summed E-state index contributed by atoms with van der Waals surface area (Å²) in [6, 6.07) is 7.05. The highest BCUT2D eigenvalue weighted by Gasteiger charge is 2.07. The average molecular weight is 291 g/mol. The molecule has 0 bridgehead atoms. The van der Waals surface area contributed by atoms with E-state index in [0.717, 1.165) is 17.0 Å². The molecule has 1 aromatic carbocycles. The third-order valence-corrected chi connectivity index (χ3v) is 3.67. The minimum atomic E-state index is -0.336. The molecule has 1 unspecified atom stereocenters. The summed E-state index contributed by atoms with van der Waals surface area (Å²) in [5.41, 5.74) is 7.49. The number of hydrogen-bond acceptors (Lipinski definition) is 5. The van der Waals surface area contributed by atoms with Gasteiger partial charge in [0.25, 0.3) is 0 Å². The number of anilines is 2. The van der Waals surface area contributed by atoms with Crippen molar-refractivity contribution in [1.29, 1.82) is 0 Å². The van der Waals surface area contributed by atoms with Gasteiger partial charge in [-0.05, 0) is 31.0 Å². The van der Waals surface area contributed by atoms with Gasteiger partial charge in [-0.3, -0.25) is 5.32 Å². The number of aromatic nitrogens is 2. The first-order valence-electron chi connectivity index (χ1n) is 6.34. The van der Waals surface area contributed by atoms with Crippen molar-refractivity contribution in [3.8, 4) is 0 Å². The lowest BCUT2D eigenvalue weighted by atomic mass is 10.1. The second-order valence-electron chi connectivity index (χ2n) is 4.34. The van der Waals surface area contributed by atoms with Crippen LogP contribution >= 0.6 is 11.3 Å². The topological polar surface area (TPSA) is 92.9 Å². The number of hydrogen-bond donors (Lipinski definition) is 3. The first-order chi connectivity index (χ1) is 9.58. The molecule has 0 saturated heterocycles. The number of carbonyl (C=O) groups is 1. The standard InChI is InChI=1S/C13H17N5OS/c1-3-11-17-18-13(20-11)16-12(19)15-10-6-4-9(5-7-10)8(2)14/h4-8H,3,14H2,1-2H3,(H2,15,16,18,19). The first-order valence-corrected chi connectivity index (χ1v) is 7.16. The highest BCUT2D eigenvalue weighted by molar-refractivity contribution is 7.15. The molecule has 2 rings (SSSR count). The van der Waals surface area contributed by atoms with E-state index >= 15 is 0 Å². The normalized spacial score (nSPS) is 11.9. The maximum Gasteiger partial charge on any atom is 0.325 e. The fourth-order valence-corrected chi connectivity index (χ4v) is 2.25. The lowest BCUT2D eigenvalue weighted by molar-refractivity contribution is 0.262. The Bertz CT molecular complexity index is 579. The van der Waals surface area contributed by atoms with E-state index in [2.05, 4.69) is 20.8 Å². The van der Waals surface area contributed by atoms with Crippen molar-refractivity contribution in [2.45, 2.75) is 26.3 Å². The minimum absolute atomic E-state index is 0.0215. The molecule has 0 radical (unpaired) electrons. The summed E-state index contributed by atoms with van der Waals surface area (Å²) >= 11 is 1.37. The van der Waals surface area contributed by atoms with Gasteiger partial charge in [0.1, 0.15) is 5.01 Å². The highest BCUT2D eigenvalue weighted by Crippen LogP contribution is 2.17. The van der Waals surface area contributed by atoms with Crippen LogP contribution in [0.4, 0.5) is 15.6 Å². The van der Waals surface area contributed by atoms with E-state index in [4.69, 9.17) is 5.73 Å². The SMILES string of the molecule is CCc1nnc(NC(=O)Nc2ccc(C(C)N)cc2)s1. The molecule has 4 N–H and O–H groups in total. The van der Waals surface area contributed by atoms with Crippen LogP contribution in [0.15, 0.2) is 24.3 Å². The smallest absolute Gasteiger partial charge is 0.324 e. The van der Waals surface area contributed by atoms with Crippen LogP contribution in [-0.2, 0) is 6.42 Å². The Morgan fingerprint density at radius 2 is 2.00 bits per heavy atom. The highest BCUT2D eigenvalue weighted by atomic mass is 32.1. The van der Waals surface area contributed by atoms with Gasteiger partial charge in [-0.1, -0.05) is 30.4 Å². The van der Waals surface area contributed by atoms with Crippen molar-refractivity contribution in [1.82, 2.24) is 10.2 Å². The van der Waals surface area contributed by atoms with Gasteiger partial charge in [0.05, 0.1) is 0 Å². The zero-order valence-corrected chi connectivity index (χ0v) is 12.2. The Morgan fingerprint density at radius 1 is 1.30 bits per heavy atom. The molecule has 2 amide bonds. The number of aryl methyl sites for hydroxylation is 1. The van der Waals surface area contributed by atoms with E-state index in [1.54, 1.807) is 0 Å². The number of benzene rings is 1. The van der Waals surface area contributed by atoms with E-state index in [1.165, 1.54) is 11.3 Å². The molecule has 0 fully saturated rings. The van der Waals surface area contributed by atoms with Gasteiger partial charge in [0.2, 0.25) is 5.13 Å². The van der Waals surface area contributed by atoms with Crippen molar-refractivity contribution in [3.63, 3.8) is 0 Å². The van der Waals surface area contributed by atoms with Gasteiger partial charge in [0.15, 0.2) is 0 Å². The molecular formula is C13H17N5OS. The van der Waals surface area contributed by atoms with Gasteiger partial charge in [0, 0.05) is 11.7 Å². The van der Waals surface area contributed by atoms with Crippen molar-refractivity contribution in [2.24, 2.45) is 5.73 Å². The Labute approximate surface area is 121 Å². The molecule has 0 aliphatic rings. The molecule has 2 aromatic rings. The molecule has 0 saturated carbocycles. The van der Waals surface area contributed by atoms with Crippen LogP contribution in [0.1, 0.15) is 30.5 Å². The maximum atomic E-state index is 11.8. The zero-order chi connectivity index (χ0) is 14.5. The molecule has 1 aromatic heterocycles. The van der Waals surface area contributed by atoms with Crippen molar-refractivity contribution >= 4 is 28.2 Å². The van der Waals surface area contributed by atoms with Crippen molar-refractivity contribution in [3.05, 3.63) is 34.8 Å². The Hall–Kier alpha value is -1.99. The Balaban J connectivity index is 1.93. The summed E-state index contributed by atoms with van der Waals surface area (Å²) in [7, 11) is 0. The number of urea groups is 1. The lowest BCUT2D eigenvalue weighted by Gasteiger charge is -2.08. The second-order valence-corrected chi connectivity index (χ2v) is 5.41. The van der Waals surface area contributed by atoms with E-state index in [-0.39, 0.29) is 12.1 Å². The fourth-order valence-electron chi connectivity index (χ4n) is 1.58. The minimum Gasteiger partial charge on any atom is -0.324 e. The van der Waals surface area contributed by atoms with E-state index in [1.807, 2.05) is 38.1 Å². The molecule has 1 heterocycles. The zero-order valence-electron chi connectivity index (χ0n) is 11.4. The third kappa shape index (κ3) is 3.75. The maximum absolute atomic E-state index is 11.8. The number of rotatable bonds is 4. The first kappa shape index (κ1) is 14.4. The number of nitrogens with two attached hydrogens (primary N) is 1. The van der Waals surface area contributed by atoms with E-state index in [0.29, 0.717) is 10.8 Å². The Kier molecular flexibility index (Phi) is 4.65. The van der Waals surface area contributed by atoms with Crippen molar-refractivity contribution < 1.29 is 4.79 Å². The molecule has 1 atom stereocenters. The summed E-state index contributed by atoms with van der Waals surface area (Å²) in [5.74, 6) is 0. The van der Waals surface area contributed by atoms with Gasteiger partial charge in [-0.2, -0.15) is 0 Å². The predicted molar refractivity (Wildman–Crippen MR) is 81.0 cm³/mol. The average Bonchev–Trinajstić information content (AvgIpc) is 2.86. The number of carbonyl (C=O) groups excluding carboxylic acids is 1. The van der Waals surface area contributed by atoms with Crippen molar-refractivity contribution in [2.75, 3.05) is 10.6 Å². The van der Waals surface area contributed by atoms with Crippen LogP contribution in [-0.4, -0.2) is 16.2 Å².